The van der Waals surface area contributed by atoms with E-state index in [9.17, 15) is 0 Å². The van der Waals surface area contributed by atoms with Crippen molar-refractivity contribution in [1.82, 2.24) is 4.98 Å². The molecule has 0 aromatic carbocycles. The summed E-state index contributed by atoms with van der Waals surface area (Å²) in [6, 6.07) is 3.90. The lowest BCUT2D eigenvalue weighted by Gasteiger charge is -1.89. The molecule has 0 atom stereocenters. The van der Waals surface area contributed by atoms with E-state index in [1.807, 2.05) is 19.1 Å². The lowest BCUT2D eigenvalue weighted by Crippen LogP contribution is -1.80. The first-order chi connectivity index (χ1) is 5.33. The topological polar surface area (TPSA) is 12.9 Å². The van der Waals surface area contributed by atoms with Crippen LogP contribution in [-0.4, -0.2) is 10.7 Å². The standard InChI is InChI=1S/C9H9NS/c1-8-4-5-9(7-10-8)3-2-6-11/h4-5,7,11H,6H2,1H3. The summed E-state index contributed by atoms with van der Waals surface area (Å²) in [6.45, 7) is 1.95. The fourth-order valence-electron chi connectivity index (χ4n) is 0.683. The zero-order chi connectivity index (χ0) is 8.10. The molecule has 0 aliphatic heterocycles. The van der Waals surface area contributed by atoms with Crippen LogP contribution < -0.4 is 0 Å². The fourth-order valence-corrected chi connectivity index (χ4v) is 0.762. The normalized spacial score (nSPS) is 8.55. The molecule has 1 aromatic heterocycles. The van der Waals surface area contributed by atoms with E-state index >= 15 is 0 Å². The van der Waals surface area contributed by atoms with Crippen molar-refractivity contribution in [3.63, 3.8) is 0 Å². The number of aryl methyl sites for hydroxylation is 1. The Morgan fingerprint density at radius 2 is 2.36 bits per heavy atom. The SMILES string of the molecule is Cc1ccc(C#CCS)cn1. The van der Waals surface area contributed by atoms with Crippen molar-refractivity contribution in [1.29, 1.82) is 0 Å². The van der Waals surface area contributed by atoms with Gasteiger partial charge in [0.25, 0.3) is 0 Å². The lowest BCUT2D eigenvalue weighted by atomic mass is 10.2. The van der Waals surface area contributed by atoms with Crippen LogP contribution in [0.1, 0.15) is 11.3 Å². The fraction of sp³-hybridized carbons (Fsp3) is 0.222. The van der Waals surface area contributed by atoms with Crippen LogP contribution in [0.5, 0.6) is 0 Å². The Morgan fingerprint density at radius 3 is 2.91 bits per heavy atom. The van der Waals surface area contributed by atoms with Gasteiger partial charge in [-0.2, -0.15) is 12.6 Å². The van der Waals surface area contributed by atoms with Gasteiger partial charge >= 0.3 is 0 Å². The largest absolute Gasteiger partial charge is 0.260 e. The van der Waals surface area contributed by atoms with Crippen molar-refractivity contribution >= 4 is 12.6 Å². The van der Waals surface area contributed by atoms with Crippen molar-refractivity contribution in [3.05, 3.63) is 29.6 Å². The molecule has 0 aliphatic carbocycles. The molecule has 0 unspecified atom stereocenters. The van der Waals surface area contributed by atoms with Gasteiger partial charge in [-0.1, -0.05) is 11.8 Å². The van der Waals surface area contributed by atoms with Gasteiger partial charge in [0.1, 0.15) is 0 Å². The molecule has 0 spiro atoms. The highest BCUT2D eigenvalue weighted by Crippen LogP contribution is 1.96. The summed E-state index contributed by atoms with van der Waals surface area (Å²) in [5, 5.41) is 0. The Kier molecular flexibility index (Phi) is 3.00. The second kappa shape index (κ2) is 4.05. The zero-order valence-corrected chi connectivity index (χ0v) is 7.23. The van der Waals surface area contributed by atoms with E-state index in [4.69, 9.17) is 0 Å². The third-order valence-corrected chi connectivity index (χ3v) is 1.38. The number of pyridine rings is 1. The summed E-state index contributed by atoms with van der Waals surface area (Å²) in [6.07, 6.45) is 1.77. The molecule has 56 valence electrons. The van der Waals surface area contributed by atoms with Crippen LogP contribution in [-0.2, 0) is 0 Å². The molecule has 0 amide bonds. The summed E-state index contributed by atoms with van der Waals surface area (Å²) >= 11 is 3.98. The predicted octanol–water partition coefficient (Wildman–Crippen LogP) is 1.67. The van der Waals surface area contributed by atoms with Gasteiger partial charge in [0, 0.05) is 17.5 Å². The number of thiol groups is 1. The first-order valence-corrected chi connectivity index (χ1v) is 3.98. The summed E-state index contributed by atoms with van der Waals surface area (Å²) in [7, 11) is 0. The molecule has 1 nitrogen and oxygen atoms in total. The van der Waals surface area contributed by atoms with E-state index in [-0.39, 0.29) is 0 Å². The number of aromatic nitrogens is 1. The van der Waals surface area contributed by atoms with Gasteiger partial charge in [-0.25, -0.2) is 0 Å². The monoisotopic (exact) mass is 163 g/mol. The maximum atomic E-state index is 4.10. The summed E-state index contributed by atoms with van der Waals surface area (Å²) in [5.74, 6) is 6.38. The highest BCUT2D eigenvalue weighted by molar-refractivity contribution is 7.80. The van der Waals surface area contributed by atoms with Crippen molar-refractivity contribution in [2.24, 2.45) is 0 Å². The third-order valence-electron chi connectivity index (χ3n) is 1.22. The second-order valence-electron chi connectivity index (χ2n) is 2.15. The van der Waals surface area contributed by atoms with E-state index < -0.39 is 0 Å². The highest BCUT2D eigenvalue weighted by Gasteiger charge is 1.85. The predicted molar refractivity (Wildman–Crippen MR) is 49.7 cm³/mol. The van der Waals surface area contributed by atoms with Crippen molar-refractivity contribution in [2.75, 3.05) is 5.75 Å². The lowest BCUT2D eigenvalue weighted by molar-refractivity contribution is 1.19. The van der Waals surface area contributed by atoms with E-state index in [0.717, 1.165) is 11.3 Å². The van der Waals surface area contributed by atoms with E-state index in [1.165, 1.54) is 0 Å². The molecule has 0 radical (unpaired) electrons. The van der Waals surface area contributed by atoms with Crippen LogP contribution in [0.2, 0.25) is 0 Å². The molecular formula is C9H9NS. The van der Waals surface area contributed by atoms with Gasteiger partial charge in [0.05, 0.1) is 5.75 Å². The molecule has 2 heteroatoms. The molecule has 1 heterocycles. The van der Waals surface area contributed by atoms with Gasteiger partial charge in [-0.3, -0.25) is 4.98 Å². The Morgan fingerprint density at radius 1 is 1.55 bits per heavy atom. The summed E-state index contributed by atoms with van der Waals surface area (Å²) < 4.78 is 0. The van der Waals surface area contributed by atoms with Crippen LogP contribution in [0.4, 0.5) is 0 Å². The van der Waals surface area contributed by atoms with Crippen LogP contribution in [0.3, 0.4) is 0 Å². The quantitative estimate of drug-likeness (QED) is 0.453. The molecule has 0 N–H and O–H groups in total. The minimum Gasteiger partial charge on any atom is -0.260 e. The molecule has 0 saturated heterocycles. The molecule has 0 fully saturated rings. The molecule has 1 rings (SSSR count). The molecule has 11 heavy (non-hydrogen) atoms. The number of hydrogen-bond donors (Lipinski definition) is 1. The number of rotatable bonds is 0. The van der Waals surface area contributed by atoms with Crippen LogP contribution in [0.15, 0.2) is 18.3 Å². The van der Waals surface area contributed by atoms with Crippen LogP contribution >= 0.6 is 12.6 Å². The Hall–Kier alpha value is -0.940. The van der Waals surface area contributed by atoms with Gasteiger partial charge < -0.3 is 0 Å². The Labute approximate surface area is 72.3 Å². The number of hydrogen-bond acceptors (Lipinski definition) is 2. The second-order valence-corrected chi connectivity index (χ2v) is 2.46. The Balaban J connectivity index is 2.82. The first kappa shape index (κ1) is 8.16. The molecule has 1 aromatic rings. The minimum absolute atomic E-state index is 0.591. The van der Waals surface area contributed by atoms with E-state index in [2.05, 4.69) is 29.5 Å². The zero-order valence-electron chi connectivity index (χ0n) is 6.33. The summed E-state index contributed by atoms with van der Waals surface area (Å²) in [5.41, 5.74) is 1.96. The highest BCUT2D eigenvalue weighted by atomic mass is 32.1. The van der Waals surface area contributed by atoms with Gasteiger partial charge in [-0.05, 0) is 19.1 Å². The summed E-state index contributed by atoms with van der Waals surface area (Å²) in [4.78, 5) is 4.10. The molecular weight excluding hydrogens is 154 g/mol. The van der Waals surface area contributed by atoms with E-state index in [0.29, 0.717) is 5.75 Å². The third kappa shape index (κ3) is 2.65. The molecule has 0 bridgehead atoms. The van der Waals surface area contributed by atoms with Gasteiger partial charge in [0.15, 0.2) is 0 Å². The first-order valence-electron chi connectivity index (χ1n) is 3.35. The minimum atomic E-state index is 0.591. The van der Waals surface area contributed by atoms with Crippen LogP contribution in [0.25, 0.3) is 0 Å². The van der Waals surface area contributed by atoms with E-state index in [1.54, 1.807) is 6.20 Å². The average molecular weight is 163 g/mol. The Bertz CT molecular complexity index is 279. The van der Waals surface area contributed by atoms with Gasteiger partial charge in [-0.15, -0.1) is 0 Å². The van der Waals surface area contributed by atoms with Crippen molar-refractivity contribution in [2.45, 2.75) is 6.92 Å². The van der Waals surface area contributed by atoms with Crippen LogP contribution in [0, 0.1) is 18.8 Å². The maximum Gasteiger partial charge on any atom is 0.0521 e. The average Bonchev–Trinajstić information content (AvgIpc) is 2.04. The number of nitrogens with zero attached hydrogens (tertiary/aromatic N) is 1. The molecule has 0 saturated carbocycles. The maximum absolute atomic E-state index is 4.10. The van der Waals surface area contributed by atoms with Crippen molar-refractivity contribution in [3.8, 4) is 11.8 Å². The smallest absolute Gasteiger partial charge is 0.0521 e. The van der Waals surface area contributed by atoms with Gasteiger partial charge in [0.2, 0.25) is 0 Å². The van der Waals surface area contributed by atoms with Crippen molar-refractivity contribution < 1.29 is 0 Å². The molecule has 0 aliphatic rings.